The molecule has 1 heteroatoms. The first-order chi connectivity index (χ1) is 24.0. The number of allylic oxidation sites excluding steroid dienone is 25. The highest BCUT2D eigenvalue weighted by molar-refractivity contribution is 5.33. The molecule has 0 heterocycles. The third kappa shape index (κ3) is 14.6. The molecule has 2 rings (SSSR count). The van der Waals surface area contributed by atoms with Crippen molar-refractivity contribution >= 4 is 0 Å². The van der Waals surface area contributed by atoms with Crippen LogP contribution in [0.2, 0.25) is 0 Å². The smallest absolute Gasteiger partial charge is 0.0639 e. The quantitative estimate of drug-likeness (QED) is 0.134. The van der Waals surface area contributed by atoms with Gasteiger partial charge in [-0.2, -0.15) is 0 Å². The van der Waals surface area contributed by atoms with Crippen molar-refractivity contribution in [1.29, 1.82) is 0 Å². The number of hydrogen-bond donors (Lipinski definition) is 1. The number of aliphatic hydroxyl groups excluding tert-OH is 1. The van der Waals surface area contributed by atoms with Gasteiger partial charge in [0.05, 0.1) is 6.61 Å². The molecule has 2 aliphatic carbocycles. The normalized spacial score (nSPS) is 25.5. The lowest BCUT2D eigenvalue weighted by Crippen LogP contribution is -2.35. The van der Waals surface area contributed by atoms with Crippen molar-refractivity contribution in [3.8, 4) is 0 Å². The van der Waals surface area contributed by atoms with Crippen LogP contribution >= 0.6 is 0 Å². The van der Waals surface area contributed by atoms with Crippen molar-refractivity contribution in [3.63, 3.8) is 0 Å². The van der Waals surface area contributed by atoms with E-state index in [2.05, 4.69) is 192 Å². The van der Waals surface area contributed by atoms with E-state index in [-0.39, 0.29) is 17.4 Å². The molecule has 0 aromatic carbocycles. The Labute approximate surface area is 314 Å². The second-order valence-corrected chi connectivity index (χ2v) is 16.8. The highest BCUT2D eigenvalue weighted by Crippen LogP contribution is 2.48. The van der Waals surface area contributed by atoms with Crippen LogP contribution in [0.3, 0.4) is 0 Å². The third-order valence-electron chi connectivity index (χ3n) is 11.3. The number of hydrogen-bond acceptors (Lipinski definition) is 1. The SMILES string of the molecule is CC(C)=CC[C@@H]1CC=C(C)[C@@H](/C=C/C(C)=C/C=C/C(C)=C/C=C/C=C(C)/C=C/C=C(C)/C=C/[C@@H]2C(C)=CC[C@H](C/C=C(\C)CO)C2(C)C)C1(C)C. The molecule has 0 spiro atoms. The van der Waals surface area contributed by atoms with Crippen LogP contribution in [0.25, 0.3) is 0 Å². The topological polar surface area (TPSA) is 20.2 Å². The Morgan fingerprint density at radius 1 is 0.588 bits per heavy atom. The van der Waals surface area contributed by atoms with Crippen LogP contribution in [0.15, 0.2) is 154 Å². The minimum absolute atomic E-state index is 0.147. The van der Waals surface area contributed by atoms with Gasteiger partial charge in [0, 0.05) is 11.8 Å². The van der Waals surface area contributed by atoms with Gasteiger partial charge in [0.15, 0.2) is 0 Å². The molecule has 0 aromatic rings. The van der Waals surface area contributed by atoms with Gasteiger partial charge in [0.2, 0.25) is 0 Å². The van der Waals surface area contributed by atoms with Crippen molar-refractivity contribution in [1.82, 2.24) is 0 Å². The monoisotopic (exact) mass is 689 g/mol. The number of aliphatic hydroxyl groups is 1. The maximum atomic E-state index is 9.41. The van der Waals surface area contributed by atoms with Gasteiger partial charge >= 0.3 is 0 Å². The molecule has 0 saturated carbocycles. The highest BCUT2D eigenvalue weighted by atomic mass is 16.3. The second kappa shape index (κ2) is 21.2. The van der Waals surface area contributed by atoms with Crippen LogP contribution in [0.4, 0.5) is 0 Å². The largest absolute Gasteiger partial charge is 0.392 e. The molecule has 2 aliphatic rings. The lowest BCUT2D eigenvalue weighted by atomic mass is 9.61. The van der Waals surface area contributed by atoms with E-state index in [1.54, 1.807) is 0 Å². The molecule has 0 amide bonds. The molecular formula is C50H72O. The first kappa shape index (κ1) is 43.7. The van der Waals surface area contributed by atoms with Crippen molar-refractivity contribution in [2.24, 2.45) is 34.5 Å². The second-order valence-electron chi connectivity index (χ2n) is 16.8. The van der Waals surface area contributed by atoms with E-state index < -0.39 is 0 Å². The average Bonchev–Trinajstić information content (AvgIpc) is 3.05. The minimum atomic E-state index is 0.147. The predicted molar refractivity (Wildman–Crippen MR) is 229 cm³/mol. The van der Waals surface area contributed by atoms with E-state index >= 15 is 0 Å². The van der Waals surface area contributed by atoms with E-state index in [1.165, 1.54) is 45.4 Å². The Kier molecular flexibility index (Phi) is 18.2. The van der Waals surface area contributed by atoms with Crippen molar-refractivity contribution in [2.45, 2.75) is 116 Å². The van der Waals surface area contributed by atoms with Gasteiger partial charge in [-0.3, -0.25) is 0 Å². The Bertz CT molecular complexity index is 1550. The Morgan fingerprint density at radius 2 is 0.961 bits per heavy atom. The van der Waals surface area contributed by atoms with Crippen molar-refractivity contribution in [3.05, 3.63) is 154 Å². The predicted octanol–water partition coefficient (Wildman–Crippen LogP) is 14.5. The summed E-state index contributed by atoms with van der Waals surface area (Å²) in [6, 6.07) is 0. The van der Waals surface area contributed by atoms with Crippen LogP contribution < -0.4 is 0 Å². The van der Waals surface area contributed by atoms with E-state index in [0.717, 1.165) is 24.8 Å². The number of rotatable bonds is 15. The maximum Gasteiger partial charge on any atom is 0.0639 e. The summed E-state index contributed by atoms with van der Waals surface area (Å²) < 4.78 is 0. The summed E-state index contributed by atoms with van der Waals surface area (Å²) in [4.78, 5) is 0. The van der Waals surface area contributed by atoms with Crippen LogP contribution in [-0.2, 0) is 0 Å². The van der Waals surface area contributed by atoms with Crippen LogP contribution in [0.5, 0.6) is 0 Å². The fourth-order valence-electron chi connectivity index (χ4n) is 7.42. The Balaban J connectivity index is 1.94. The summed E-state index contributed by atoms with van der Waals surface area (Å²) in [5.74, 6) is 2.12. The van der Waals surface area contributed by atoms with Crippen molar-refractivity contribution < 1.29 is 5.11 Å². The van der Waals surface area contributed by atoms with E-state index in [0.29, 0.717) is 23.7 Å². The summed E-state index contributed by atoms with van der Waals surface area (Å²) in [5, 5.41) is 9.41. The molecule has 0 bridgehead atoms. The molecule has 1 nitrogen and oxygen atoms in total. The lowest BCUT2D eigenvalue weighted by Gasteiger charge is -2.43. The Morgan fingerprint density at radius 3 is 1.35 bits per heavy atom. The van der Waals surface area contributed by atoms with Gasteiger partial charge in [0.25, 0.3) is 0 Å². The molecule has 1 N–H and O–H groups in total. The van der Waals surface area contributed by atoms with Crippen LogP contribution in [0.1, 0.15) is 116 Å². The summed E-state index contributed by atoms with van der Waals surface area (Å²) >= 11 is 0. The molecule has 4 atom stereocenters. The van der Waals surface area contributed by atoms with Gasteiger partial charge in [0.1, 0.15) is 0 Å². The summed E-state index contributed by atoms with van der Waals surface area (Å²) in [5.41, 5.74) is 10.8. The third-order valence-corrected chi connectivity index (χ3v) is 11.3. The Hall–Kier alpha value is -3.42. The minimum Gasteiger partial charge on any atom is -0.392 e. The zero-order valence-corrected chi connectivity index (χ0v) is 34.7. The molecule has 0 fully saturated rings. The van der Waals surface area contributed by atoms with E-state index in [9.17, 15) is 5.11 Å². The van der Waals surface area contributed by atoms with Crippen LogP contribution in [-0.4, -0.2) is 11.7 Å². The average molecular weight is 689 g/mol. The fraction of sp³-hybridized carbons (Fsp3) is 0.480. The van der Waals surface area contributed by atoms with Gasteiger partial charge in [-0.05, 0) is 111 Å². The molecule has 0 unspecified atom stereocenters. The summed E-state index contributed by atoms with van der Waals surface area (Å²) in [6.07, 6.45) is 44.9. The van der Waals surface area contributed by atoms with E-state index in [4.69, 9.17) is 0 Å². The first-order valence-corrected chi connectivity index (χ1v) is 19.3. The van der Waals surface area contributed by atoms with E-state index in [1.807, 2.05) is 6.92 Å². The maximum absolute atomic E-state index is 9.41. The van der Waals surface area contributed by atoms with Crippen LogP contribution in [0, 0.1) is 34.5 Å². The summed E-state index contributed by atoms with van der Waals surface area (Å²) in [7, 11) is 0. The van der Waals surface area contributed by atoms with Gasteiger partial charge in [-0.1, -0.05) is 182 Å². The highest BCUT2D eigenvalue weighted by Gasteiger charge is 2.39. The molecule has 51 heavy (non-hydrogen) atoms. The standard InChI is InChI=1S/C50H72O/c1-37(2)24-30-45-32-28-43(8)47(49(45,10)11)34-26-40(5)22-16-20-38(3)18-14-15-19-39(4)21-17-23-41(6)27-35-48-44(9)29-33-46(50(48,12)13)31-25-42(7)36-51/h14-29,34-35,45-48,51H,30-33,36H2,1-13H3/b15-14+,20-16+,21-17+,34-26+,35-27+,38-18+,39-19+,40-22+,41-23+,42-25+/t45-,46+,47-,48-/m1/s1. The zero-order chi connectivity index (χ0) is 38.2. The molecule has 0 saturated heterocycles. The molecular weight excluding hydrogens is 617 g/mol. The summed E-state index contributed by atoms with van der Waals surface area (Å²) in [6.45, 7) is 29.5. The zero-order valence-electron chi connectivity index (χ0n) is 34.7. The lowest BCUT2D eigenvalue weighted by molar-refractivity contribution is 0.154. The fourth-order valence-corrected chi connectivity index (χ4v) is 7.42. The molecule has 0 aromatic heterocycles. The molecule has 0 radical (unpaired) electrons. The van der Waals surface area contributed by atoms with Gasteiger partial charge in [-0.15, -0.1) is 0 Å². The van der Waals surface area contributed by atoms with Crippen molar-refractivity contribution in [2.75, 3.05) is 6.61 Å². The van der Waals surface area contributed by atoms with Gasteiger partial charge in [-0.25, -0.2) is 0 Å². The van der Waals surface area contributed by atoms with Gasteiger partial charge < -0.3 is 5.11 Å². The molecule has 0 aliphatic heterocycles. The first-order valence-electron chi connectivity index (χ1n) is 19.3. The molecule has 278 valence electrons.